The summed E-state index contributed by atoms with van der Waals surface area (Å²) >= 11 is 0. The number of rotatable bonds is 9. The van der Waals surface area contributed by atoms with Crippen LogP contribution < -0.4 is 11.5 Å². The van der Waals surface area contributed by atoms with Gasteiger partial charge in [0.15, 0.2) is 0 Å². The molecule has 2 nitrogen and oxygen atoms in total. The van der Waals surface area contributed by atoms with Crippen molar-refractivity contribution < 1.29 is 0 Å². The van der Waals surface area contributed by atoms with Gasteiger partial charge in [-0.05, 0) is 106 Å². The summed E-state index contributed by atoms with van der Waals surface area (Å²) in [6.07, 6.45) is 46.1. The average Bonchev–Trinajstić information content (AvgIpc) is 3.31. The predicted molar refractivity (Wildman–Crippen MR) is 272 cm³/mol. The molecule has 0 heterocycles. The molecule has 0 aliphatic heterocycles. The second-order valence-corrected chi connectivity index (χ2v) is 13.9. The maximum absolute atomic E-state index is 7.02. The fraction of sp³-hybridized carbons (Fsp3) is 0.153. The first-order chi connectivity index (χ1) is 30.0. The number of nitrogen functional groups attached to an aromatic ring is 1. The van der Waals surface area contributed by atoms with E-state index in [1.54, 1.807) is 6.08 Å². The van der Waals surface area contributed by atoms with Crippen LogP contribution in [0.2, 0.25) is 0 Å². The summed E-state index contributed by atoms with van der Waals surface area (Å²) < 4.78 is 0. The molecule has 0 radical (unpaired) electrons. The lowest BCUT2D eigenvalue weighted by Crippen LogP contribution is -2.34. The third-order valence-corrected chi connectivity index (χ3v) is 10.1. The summed E-state index contributed by atoms with van der Waals surface area (Å²) in [5.74, 6) is 0. The highest BCUT2D eigenvalue weighted by Crippen LogP contribution is 2.50. The van der Waals surface area contributed by atoms with Crippen LogP contribution in [0.5, 0.6) is 0 Å². The average molecular weight is 803 g/mol. The maximum Gasteiger partial charge on any atom is 0.0724 e. The third-order valence-electron chi connectivity index (χ3n) is 10.1. The molecule has 0 fully saturated rings. The van der Waals surface area contributed by atoms with Gasteiger partial charge >= 0.3 is 0 Å². The lowest BCUT2D eigenvalue weighted by atomic mass is 9.61. The molecule has 0 saturated heterocycles. The van der Waals surface area contributed by atoms with Gasteiger partial charge in [-0.3, -0.25) is 0 Å². The van der Waals surface area contributed by atoms with Crippen molar-refractivity contribution in [3.8, 4) is 0 Å². The van der Waals surface area contributed by atoms with Crippen LogP contribution in [0, 0.1) is 0 Å². The Kier molecular flexibility index (Phi) is 22.0. The van der Waals surface area contributed by atoms with Crippen LogP contribution in [0.25, 0.3) is 12.2 Å². The van der Waals surface area contributed by atoms with Crippen LogP contribution in [0.15, 0.2) is 238 Å². The quantitative estimate of drug-likeness (QED) is 0.101. The lowest BCUT2D eigenvalue weighted by Gasteiger charge is -2.40. The Hall–Kier alpha value is -6.90. The first kappa shape index (κ1) is 48.5. The Balaban J connectivity index is 0.000000810. The van der Waals surface area contributed by atoms with Crippen LogP contribution >= 0.6 is 0 Å². The van der Waals surface area contributed by atoms with Crippen molar-refractivity contribution in [1.29, 1.82) is 0 Å². The lowest BCUT2D eigenvalue weighted by molar-refractivity contribution is 0.734. The van der Waals surface area contributed by atoms with Gasteiger partial charge in [0, 0.05) is 5.69 Å². The van der Waals surface area contributed by atoms with E-state index in [2.05, 4.69) is 185 Å². The van der Waals surface area contributed by atoms with Gasteiger partial charge in [-0.2, -0.15) is 0 Å². The predicted octanol–water partition coefficient (Wildman–Crippen LogP) is 15.1. The van der Waals surface area contributed by atoms with E-state index >= 15 is 0 Å². The molecule has 6 rings (SSSR count). The smallest absolute Gasteiger partial charge is 0.0724 e. The van der Waals surface area contributed by atoms with E-state index in [1.807, 2.05) is 56.4 Å². The number of anilines is 1. The minimum atomic E-state index is -0.789. The van der Waals surface area contributed by atoms with Gasteiger partial charge in [-0.1, -0.05) is 228 Å². The first-order valence-corrected chi connectivity index (χ1v) is 21.4. The molecule has 61 heavy (non-hydrogen) atoms. The molecule has 1 unspecified atom stereocenters. The fourth-order valence-corrected chi connectivity index (χ4v) is 7.40. The minimum absolute atomic E-state index is 0.733. The Labute approximate surface area is 368 Å². The van der Waals surface area contributed by atoms with E-state index in [9.17, 15) is 0 Å². The zero-order valence-corrected chi connectivity index (χ0v) is 36.7. The largest absolute Gasteiger partial charge is 0.405 e. The molecule has 2 aliphatic rings. The number of nitrogens with two attached hydrogens (primary N) is 2. The molecule has 0 aromatic heterocycles. The summed E-state index contributed by atoms with van der Waals surface area (Å²) in [6, 6.07) is 32.4. The molecular formula is C59H66N2. The van der Waals surface area contributed by atoms with E-state index in [-0.39, 0.29) is 0 Å². The molecule has 0 spiro atoms. The first-order valence-electron chi connectivity index (χ1n) is 21.4. The number of benzene rings is 4. The second kappa shape index (κ2) is 27.7. The molecule has 2 aliphatic carbocycles. The maximum atomic E-state index is 7.02. The molecule has 0 saturated carbocycles. The second-order valence-electron chi connectivity index (χ2n) is 13.9. The number of hydrogen-bond donors (Lipinski definition) is 2. The molecule has 4 aromatic rings. The number of aryl methyl sites for hydroxylation is 1. The highest BCUT2D eigenvalue weighted by atomic mass is 14.6. The van der Waals surface area contributed by atoms with E-state index in [0.29, 0.717) is 0 Å². The van der Waals surface area contributed by atoms with Crippen molar-refractivity contribution in [2.75, 3.05) is 5.73 Å². The summed E-state index contributed by atoms with van der Waals surface area (Å²) in [7, 11) is 0. The van der Waals surface area contributed by atoms with Gasteiger partial charge in [0.1, 0.15) is 0 Å². The fourth-order valence-electron chi connectivity index (χ4n) is 7.40. The molecule has 1 atom stereocenters. The number of fused-ring (bicyclic) bond motifs is 2. The van der Waals surface area contributed by atoms with Crippen molar-refractivity contribution in [2.24, 2.45) is 5.73 Å². The molecule has 4 aromatic carbocycles. The van der Waals surface area contributed by atoms with Gasteiger partial charge in [-0.15, -0.1) is 13.2 Å². The van der Waals surface area contributed by atoms with Gasteiger partial charge in [0.25, 0.3) is 0 Å². The minimum Gasteiger partial charge on any atom is -0.405 e. The van der Waals surface area contributed by atoms with Crippen LogP contribution in [-0.2, 0) is 24.7 Å². The highest BCUT2D eigenvalue weighted by molar-refractivity contribution is 5.74. The van der Waals surface area contributed by atoms with Crippen molar-refractivity contribution in [3.63, 3.8) is 0 Å². The van der Waals surface area contributed by atoms with Crippen LogP contribution in [0.3, 0.4) is 0 Å². The summed E-state index contributed by atoms with van der Waals surface area (Å²) in [6.45, 7) is 20.8. The van der Waals surface area contributed by atoms with Gasteiger partial charge in [0.05, 0.1) is 5.41 Å². The number of para-hydroxylation sites is 1. The van der Waals surface area contributed by atoms with Crippen LogP contribution in [0.1, 0.15) is 78.1 Å². The number of allylic oxidation sites excluding steroid dienone is 19. The Bertz CT molecular complexity index is 2300. The Morgan fingerprint density at radius 3 is 2.15 bits per heavy atom. The molecule has 2 heteroatoms. The van der Waals surface area contributed by atoms with E-state index in [1.165, 1.54) is 39.6 Å². The highest BCUT2D eigenvalue weighted by Gasteiger charge is 2.42. The van der Waals surface area contributed by atoms with Crippen molar-refractivity contribution in [3.05, 3.63) is 282 Å². The normalized spacial score (nSPS) is 18.9. The number of hydrogen-bond acceptors (Lipinski definition) is 2. The third kappa shape index (κ3) is 13.8. The molecule has 0 bridgehead atoms. The summed E-state index contributed by atoms with van der Waals surface area (Å²) in [4.78, 5) is 0. The molecule has 4 N–H and O–H groups in total. The topological polar surface area (TPSA) is 52.0 Å². The standard InChI is InChI=1S/C49H45N.C6H11N.C2H6.C2H4/c1-3-4-5-14-27-41-28-18-19-32-45(41)49(46-33-20-21-34-48(46)50)38(2)22-9-6-10-23-39(35-40-24-11-7-12-25-40)26-13-8-15-31-44-36-42-29-16-17-30-43(42)37-47(44)49;1-2-3-4-5-6-7;2*1-2/h3-16,18-29,32-34,36-37H,1-2,17,30-31,35,50H2;3-6H,2,7H2,1H3;1-2H3;1-2H2/b5-4-,10-6+,15-8-,22-9+,26-13-,27-14-,39-23+;4-3-,6-5-;;. The zero-order chi connectivity index (χ0) is 44.1. The van der Waals surface area contributed by atoms with Crippen molar-refractivity contribution in [1.82, 2.24) is 0 Å². The molecular weight excluding hydrogens is 737 g/mol. The van der Waals surface area contributed by atoms with Crippen LogP contribution in [0.4, 0.5) is 5.69 Å². The Morgan fingerprint density at radius 2 is 1.41 bits per heavy atom. The van der Waals surface area contributed by atoms with Gasteiger partial charge in [0.2, 0.25) is 0 Å². The van der Waals surface area contributed by atoms with E-state index < -0.39 is 5.41 Å². The van der Waals surface area contributed by atoms with Gasteiger partial charge < -0.3 is 11.5 Å². The van der Waals surface area contributed by atoms with Crippen LogP contribution in [-0.4, -0.2) is 0 Å². The van der Waals surface area contributed by atoms with E-state index in [4.69, 9.17) is 18.0 Å². The summed E-state index contributed by atoms with van der Waals surface area (Å²) in [5.41, 5.74) is 23.8. The zero-order valence-electron chi connectivity index (χ0n) is 36.7. The van der Waals surface area contributed by atoms with Gasteiger partial charge in [-0.25, -0.2) is 0 Å². The molecule has 312 valence electrons. The van der Waals surface area contributed by atoms with Crippen molar-refractivity contribution in [2.45, 2.75) is 58.3 Å². The SMILES string of the molecule is C=C.C=C/C=C\C=C/c1ccccc1C1(c2ccccc2N)C(=C)/C=C/C=C/C=C(Cc2ccccc2)\C=C/C=C\Cc2cc3c(cc21)CCC=C3.CC.CC/C=C\C=C/N. The molecule has 0 amide bonds. The van der Waals surface area contributed by atoms with Crippen molar-refractivity contribution >= 4 is 17.8 Å². The monoisotopic (exact) mass is 803 g/mol. The Morgan fingerprint density at radius 1 is 0.689 bits per heavy atom. The van der Waals surface area contributed by atoms with E-state index in [0.717, 1.165) is 60.1 Å². The summed E-state index contributed by atoms with van der Waals surface area (Å²) in [5, 5.41) is 0.